The van der Waals surface area contributed by atoms with Gasteiger partial charge in [0.2, 0.25) is 5.95 Å². The molecule has 0 spiro atoms. The smallest absolute Gasteiger partial charge is 0.230 e. The number of rotatable bonds is 8. The minimum atomic E-state index is -2.75. The van der Waals surface area contributed by atoms with Gasteiger partial charge in [-0.3, -0.25) is 14.6 Å². The van der Waals surface area contributed by atoms with Crippen molar-refractivity contribution in [3.05, 3.63) is 60.3 Å². The van der Waals surface area contributed by atoms with Crippen molar-refractivity contribution < 1.29 is 14.0 Å². The number of benzene rings is 1. The van der Waals surface area contributed by atoms with E-state index in [9.17, 15) is 4.57 Å². The molecule has 1 unspecified atom stereocenters. The number of pyridine rings is 1. The molecule has 6 rings (SSSR count). The molecule has 0 amide bonds. The Balaban J connectivity index is 1.38. The fourth-order valence-electron chi connectivity index (χ4n) is 5.07. The zero-order valence-corrected chi connectivity index (χ0v) is 25.5. The van der Waals surface area contributed by atoms with Crippen molar-refractivity contribution in [2.45, 2.75) is 13.0 Å². The molecule has 1 aliphatic rings. The molecule has 5 heterocycles. The Morgan fingerprint density at radius 1 is 1.09 bits per heavy atom. The lowest BCUT2D eigenvalue weighted by atomic mass is 10.0. The maximum absolute atomic E-state index is 13.4. The summed E-state index contributed by atoms with van der Waals surface area (Å²) in [5.41, 5.74) is 5.18. The van der Waals surface area contributed by atoms with Crippen LogP contribution in [0.3, 0.4) is 0 Å². The Bertz CT molecular complexity index is 1850. The first kappa shape index (κ1) is 28.7. The topological polar surface area (TPSA) is 154 Å². The average molecular weight is 601 g/mol. The number of aromatic nitrogens is 7. The molecule has 0 aliphatic carbocycles. The van der Waals surface area contributed by atoms with E-state index in [4.69, 9.17) is 19.4 Å². The summed E-state index contributed by atoms with van der Waals surface area (Å²) in [6.45, 7) is 7.40. The number of morpholine rings is 1. The molecule has 0 radical (unpaired) electrons. The van der Waals surface area contributed by atoms with Crippen LogP contribution in [0, 0.1) is 6.92 Å². The minimum absolute atomic E-state index is 0.195. The van der Waals surface area contributed by atoms with Gasteiger partial charge in [0.1, 0.15) is 18.5 Å². The molecule has 0 bridgehead atoms. The van der Waals surface area contributed by atoms with E-state index in [0.29, 0.717) is 58.5 Å². The van der Waals surface area contributed by atoms with Crippen LogP contribution in [-0.2, 0) is 16.3 Å². The number of nitrogens with one attached hydrogen (secondary N) is 3. The summed E-state index contributed by atoms with van der Waals surface area (Å²) < 4.78 is 27.0. The van der Waals surface area contributed by atoms with Crippen LogP contribution in [-0.4, -0.2) is 74.8 Å². The molecule has 3 N–H and O–H groups in total. The minimum Gasteiger partial charge on any atom is -0.493 e. The molecule has 43 heavy (non-hydrogen) atoms. The molecule has 14 heteroatoms. The number of fused-ring (bicyclic) bond motifs is 1. The first-order valence-corrected chi connectivity index (χ1v) is 16.4. The Labute approximate surface area is 248 Å². The molecule has 1 aliphatic heterocycles. The summed E-state index contributed by atoms with van der Waals surface area (Å²) in [6, 6.07) is 5.64. The van der Waals surface area contributed by atoms with Gasteiger partial charge in [0.15, 0.2) is 11.6 Å². The number of anilines is 4. The van der Waals surface area contributed by atoms with Gasteiger partial charge in [0.25, 0.3) is 0 Å². The molecule has 1 aromatic carbocycles. The van der Waals surface area contributed by atoms with E-state index in [0.717, 1.165) is 28.9 Å². The molecular formula is C29H33N10O3P. The Hall–Kier alpha value is -4.45. The van der Waals surface area contributed by atoms with Crippen LogP contribution in [0.25, 0.3) is 22.3 Å². The third-order valence-electron chi connectivity index (χ3n) is 7.10. The van der Waals surface area contributed by atoms with Gasteiger partial charge in [-0.15, -0.1) is 0 Å². The lowest BCUT2D eigenvalue weighted by molar-refractivity contribution is 0.0277. The zero-order chi connectivity index (χ0) is 30.1. The molecule has 1 saturated heterocycles. The van der Waals surface area contributed by atoms with Crippen LogP contribution in [0.1, 0.15) is 17.2 Å². The van der Waals surface area contributed by atoms with E-state index >= 15 is 0 Å². The number of methoxy groups -OCH3 is 1. The number of hydrogen-bond donors (Lipinski definition) is 3. The summed E-state index contributed by atoms with van der Waals surface area (Å²) in [5, 5.41) is 15.0. The molecule has 5 aromatic rings. The van der Waals surface area contributed by atoms with Gasteiger partial charge in [0.05, 0.1) is 48.2 Å². The number of ether oxygens (including phenoxy) is 2. The number of aryl methyl sites for hydroxylation is 2. The average Bonchev–Trinajstić information content (AvgIpc) is 3.44. The fourth-order valence-corrected chi connectivity index (χ4v) is 6.46. The van der Waals surface area contributed by atoms with Crippen molar-refractivity contribution in [2.24, 2.45) is 7.05 Å². The number of nitrogens with zero attached hydrogens (tertiary/aromatic N) is 7. The third-order valence-corrected chi connectivity index (χ3v) is 8.63. The van der Waals surface area contributed by atoms with Gasteiger partial charge in [0, 0.05) is 61.6 Å². The molecule has 1 atom stereocenters. The lowest BCUT2D eigenvalue weighted by Crippen LogP contribution is -2.33. The first-order valence-electron chi connectivity index (χ1n) is 13.8. The van der Waals surface area contributed by atoms with Crippen LogP contribution in [0.15, 0.2) is 49.2 Å². The van der Waals surface area contributed by atoms with E-state index in [1.165, 1.54) is 0 Å². The highest BCUT2D eigenvalue weighted by Gasteiger charge is 2.25. The summed E-state index contributed by atoms with van der Waals surface area (Å²) in [4.78, 5) is 23.1. The van der Waals surface area contributed by atoms with E-state index in [1.54, 1.807) is 49.9 Å². The first-order chi connectivity index (χ1) is 20.7. The van der Waals surface area contributed by atoms with E-state index in [1.807, 2.05) is 38.4 Å². The Morgan fingerprint density at radius 2 is 1.93 bits per heavy atom. The molecular weight excluding hydrogens is 567 g/mol. The monoisotopic (exact) mass is 600 g/mol. The van der Waals surface area contributed by atoms with Gasteiger partial charge in [-0.1, -0.05) is 0 Å². The van der Waals surface area contributed by atoms with Crippen LogP contribution in [0.5, 0.6) is 5.75 Å². The largest absolute Gasteiger partial charge is 0.493 e. The second-order valence-electron chi connectivity index (χ2n) is 10.7. The highest BCUT2D eigenvalue weighted by atomic mass is 31.2. The second-order valence-corrected chi connectivity index (χ2v) is 13.8. The van der Waals surface area contributed by atoms with Crippen LogP contribution in [0.4, 0.5) is 23.3 Å². The molecule has 222 valence electrons. The molecule has 13 nitrogen and oxygen atoms in total. The highest BCUT2D eigenvalue weighted by Crippen LogP contribution is 2.41. The van der Waals surface area contributed by atoms with Gasteiger partial charge >= 0.3 is 0 Å². The maximum atomic E-state index is 13.4. The molecule has 0 saturated carbocycles. The van der Waals surface area contributed by atoms with E-state index in [2.05, 4.69) is 36.0 Å². The normalized spacial score (nSPS) is 15.4. The lowest BCUT2D eigenvalue weighted by Gasteiger charge is -2.26. The highest BCUT2D eigenvalue weighted by molar-refractivity contribution is 7.71. The Morgan fingerprint density at radius 3 is 2.65 bits per heavy atom. The third kappa shape index (κ3) is 5.92. The predicted octanol–water partition coefficient (Wildman–Crippen LogP) is 3.93. The van der Waals surface area contributed by atoms with Crippen molar-refractivity contribution in [3.8, 4) is 17.0 Å². The Kier molecular flexibility index (Phi) is 7.78. The predicted molar refractivity (Wildman–Crippen MR) is 167 cm³/mol. The summed E-state index contributed by atoms with van der Waals surface area (Å²) >= 11 is 0. The molecule has 1 fully saturated rings. The van der Waals surface area contributed by atoms with Crippen molar-refractivity contribution in [1.29, 1.82) is 0 Å². The standard InChI is InChI=1S/C29H33N10O3P/c1-17-13-33-29(37-27(17)35-21-7-6-20-25(32-9-8-31-20)26(21)43(4,5)40)38-28-22(41-3)12-19(23-15-30-10-11-42-23)24(36-28)18-14-34-39(2)16-18/h6-9,12-14,16,23,30H,10-11,15H2,1-5H3,(H2,33,35,36,37,38). The van der Waals surface area contributed by atoms with E-state index in [-0.39, 0.29) is 6.10 Å². The summed E-state index contributed by atoms with van der Waals surface area (Å²) in [6.07, 6.45) is 8.42. The van der Waals surface area contributed by atoms with Gasteiger partial charge in [-0.25, -0.2) is 9.97 Å². The van der Waals surface area contributed by atoms with Crippen molar-refractivity contribution in [1.82, 2.24) is 40.0 Å². The van der Waals surface area contributed by atoms with Crippen molar-refractivity contribution in [2.75, 3.05) is 50.8 Å². The van der Waals surface area contributed by atoms with Crippen LogP contribution >= 0.6 is 7.14 Å². The van der Waals surface area contributed by atoms with E-state index < -0.39 is 7.14 Å². The molecule has 4 aromatic heterocycles. The number of hydrogen-bond acceptors (Lipinski definition) is 12. The van der Waals surface area contributed by atoms with Crippen LogP contribution in [0.2, 0.25) is 0 Å². The zero-order valence-electron chi connectivity index (χ0n) is 24.6. The summed E-state index contributed by atoms with van der Waals surface area (Å²) in [7, 11) is 0.705. The van der Waals surface area contributed by atoms with Crippen molar-refractivity contribution in [3.63, 3.8) is 0 Å². The quantitative estimate of drug-likeness (QED) is 0.221. The van der Waals surface area contributed by atoms with Gasteiger partial charge < -0.3 is 30.0 Å². The summed E-state index contributed by atoms with van der Waals surface area (Å²) in [5.74, 6) is 1.80. The van der Waals surface area contributed by atoms with Crippen LogP contribution < -0.4 is 26.0 Å². The van der Waals surface area contributed by atoms with Gasteiger partial charge in [-0.2, -0.15) is 10.1 Å². The second kappa shape index (κ2) is 11.7. The van der Waals surface area contributed by atoms with Gasteiger partial charge in [-0.05, 0) is 38.5 Å². The maximum Gasteiger partial charge on any atom is 0.230 e. The fraction of sp³-hybridized carbons (Fsp3) is 0.310. The van der Waals surface area contributed by atoms with Crippen molar-refractivity contribution >= 4 is 46.8 Å². The SMILES string of the molecule is COc1cc(C2CNCCO2)c(-c2cnn(C)c2)nc1Nc1ncc(C)c(Nc2ccc3nccnc3c2P(C)(C)=O)n1.